The lowest BCUT2D eigenvalue weighted by Gasteiger charge is -2.19. The number of hydrogen-bond donors (Lipinski definition) is 0. The number of nitrogens with zero attached hydrogens (tertiary/aromatic N) is 2. The van der Waals surface area contributed by atoms with E-state index in [4.69, 9.17) is 4.98 Å². The topological polar surface area (TPSA) is 17.8 Å². The number of para-hydroxylation sites is 2. The van der Waals surface area contributed by atoms with Gasteiger partial charge in [0, 0.05) is 12.1 Å². The van der Waals surface area contributed by atoms with E-state index in [0.717, 1.165) is 17.9 Å². The minimum absolute atomic E-state index is 0.840. The summed E-state index contributed by atoms with van der Waals surface area (Å²) in [6.07, 6.45) is 0. The van der Waals surface area contributed by atoms with E-state index in [-0.39, 0.29) is 0 Å². The number of rotatable bonds is 4. The summed E-state index contributed by atoms with van der Waals surface area (Å²) in [5.41, 5.74) is 8.30. The van der Waals surface area contributed by atoms with E-state index < -0.39 is 0 Å². The van der Waals surface area contributed by atoms with Gasteiger partial charge in [-0.3, -0.25) is 0 Å². The van der Waals surface area contributed by atoms with E-state index in [1.54, 1.807) is 0 Å². The monoisotopic (exact) mass is 748 g/mol. The molecule has 13 rings (SSSR count). The fraction of sp³-hybridized carbons (Fsp3) is 0.0351. The largest absolute Gasteiger partial charge is 0.324 e. The van der Waals surface area contributed by atoms with Gasteiger partial charge in [0.25, 0.3) is 0 Å². The third kappa shape index (κ3) is 4.49. The minimum atomic E-state index is 0.840. The summed E-state index contributed by atoms with van der Waals surface area (Å²) in [6, 6.07) is 70.0. The number of aromatic nitrogens is 2. The van der Waals surface area contributed by atoms with Crippen LogP contribution in [0.5, 0.6) is 0 Å². The molecule has 0 atom stereocenters. The van der Waals surface area contributed by atoms with Gasteiger partial charge in [0.15, 0.2) is 0 Å². The normalized spacial score (nSPS) is 12.2. The number of fused-ring (bicyclic) bond motifs is 5. The molecule has 0 aliphatic rings. The Hall–Kier alpha value is -7.55. The first-order chi connectivity index (χ1) is 29.2. The Labute approximate surface area is 340 Å². The van der Waals surface area contributed by atoms with Crippen molar-refractivity contribution in [3.63, 3.8) is 0 Å². The van der Waals surface area contributed by atoms with Gasteiger partial charge >= 0.3 is 0 Å². The van der Waals surface area contributed by atoms with Crippen LogP contribution in [0.4, 0.5) is 0 Å². The molecular formula is C57H36N2. The third-order valence-corrected chi connectivity index (χ3v) is 13.1. The first kappa shape index (κ1) is 32.5. The van der Waals surface area contributed by atoms with Crippen molar-refractivity contribution >= 4 is 97.2 Å². The molecule has 0 saturated carbocycles. The van der Waals surface area contributed by atoms with Crippen LogP contribution in [-0.2, 0) is 6.54 Å². The van der Waals surface area contributed by atoms with Crippen molar-refractivity contribution < 1.29 is 0 Å². The highest BCUT2D eigenvalue weighted by atomic mass is 15.1. The van der Waals surface area contributed by atoms with Gasteiger partial charge in [0.05, 0.1) is 11.0 Å². The lowest BCUT2D eigenvalue weighted by Crippen LogP contribution is -1.99. The molecule has 0 amide bonds. The molecule has 0 aliphatic carbocycles. The van der Waals surface area contributed by atoms with Crippen molar-refractivity contribution in [3.05, 3.63) is 188 Å². The summed E-state index contributed by atoms with van der Waals surface area (Å²) in [5.74, 6) is 1.02. The molecule has 274 valence electrons. The van der Waals surface area contributed by atoms with Gasteiger partial charge in [-0.1, -0.05) is 170 Å². The third-order valence-electron chi connectivity index (χ3n) is 13.1. The van der Waals surface area contributed by atoms with Gasteiger partial charge in [0.1, 0.15) is 5.82 Å². The highest BCUT2D eigenvalue weighted by Crippen LogP contribution is 2.47. The standard InChI is InChI=1S/C57H36N2/c1-2-59-50-26-8-7-25-49(50)58-57(59)56-45-18-5-3-16-39(45)51(40-17-4-6-19-46(40)56)37-29-27-34(28-30-37)48-33-38-15-11-22-42-41-20-9-13-35-31-32-36-14-10-21-43(53(36)52(35)41)44-23-12-24-47(48)55(44)54(38)42/h3-33H,2H2,1H3. The summed E-state index contributed by atoms with van der Waals surface area (Å²) in [6.45, 7) is 3.05. The maximum absolute atomic E-state index is 5.27. The van der Waals surface area contributed by atoms with E-state index in [0.29, 0.717) is 0 Å². The van der Waals surface area contributed by atoms with Gasteiger partial charge in [-0.2, -0.15) is 0 Å². The van der Waals surface area contributed by atoms with Gasteiger partial charge < -0.3 is 4.57 Å². The molecule has 0 saturated heterocycles. The maximum atomic E-state index is 5.27. The summed E-state index contributed by atoms with van der Waals surface area (Å²) in [7, 11) is 0. The summed E-state index contributed by atoms with van der Waals surface area (Å²) < 4.78 is 2.36. The van der Waals surface area contributed by atoms with Crippen LogP contribution in [-0.4, -0.2) is 9.55 Å². The fourth-order valence-corrected chi connectivity index (χ4v) is 10.6. The number of benzene rings is 11. The molecule has 0 spiro atoms. The molecule has 59 heavy (non-hydrogen) atoms. The highest BCUT2D eigenvalue weighted by Gasteiger charge is 2.22. The first-order valence-corrected chi connectivity index (χ1v) is 20.7. The van der Waals surface area contributed by atoms with E-state index in [9.17, 15) is 0 Å². The van der Waals surface area contributed by atoms with Crippen LogP contribution in [0, 0.1) is 0 Å². The van der Waals surface area contributed by atoms with E-state index >= 15 is 0 Å². The van der Waals surface area contributed by atoms with E-state index in [2.05, 4.69) is 200 Å². The van der Waals surface area contributed by atoms with Crippen LogP contribution in [0.1, 0.15) is 6.92 Å². The molecule has 1 heterocycles. The average molecular weight is 749 g/mol. The lowest BCUT2D eigenvalue weighted by molar-refractivity contribution is 0.798. The lowest BCUT2D eigenvalue weighted by atomic mass is 9.85. The Morgan fingerprint density at radius 2 is 0.831 bits per heavy atom. The summed E-state index contributed by atoms with van der Waals surface area (Å²) >= 11 is 0. The van der Waals surface area contributed by atoms with Crippen LogP contribution >= 0.6 is 0 Å². The Kier molecular flexibility index (Phi) is 6.74. The van der Waals surface area contributed by atoms with Crippen molar-refractivity contribution in [2.75, 3.05) is 0 Å². The maximum Gasteiger partial charge on any atom is 0.142 e. The van der Waals surface area contributed by atoms with Crippen LogP contribution in [0.25, 0.3) is 131 Å². The molecule has 12 aromatic carbocycles. The quantitative estimate of drug-likeness (QED) is 0.129. The zero-order valence-electron chi connectivity index (χ0n) is 32.5. The van der Waals surface area contributed by atoms with E-state index in [1.165, 1.54) is 120 Å². The fourth-order valence-electron chi connectivity index (χ4n) is 10.6. The van der Waals surface area contributed by atoms with Crippen molar-refractivity contribution in [2.24, 2.45) is 0 Å². The minimum Gasteiger partial charge on any atom is -0.324 e. The Morgan fingerprint density at radius 1 is 0.373 bits per heavy atom. The molecule has 2 nitrogen and oxygen atoms in total. The smallest absolute Gasteiger partial charge is 0.142 e. The van der Waals surface area contributed by atoms with Crippen LogP contribution in [0.2, 0.25) is 0 Å². The van der Waals surface area contributed by atoms with Gasteiger partial charge in [-0.25, -0.2) is 4.98 Å². The second-order valence-corrected chi connectivity index (χ2v) is 16.0. The molecule has 0 bridgehead atoms. The summed E-state index contributed by atoms with van der Waals surface area (Å²) in [4.78, 5) is 5.27. The Bertz CT molecular complexity index is 3810. The molecule has 13 aromatic rings. The summed E-state index contributed by atoms with van der Waals surface area (Å²) in [5, 5.41) is 20.5. The Balaban J connectivity index is 1.06. The number of aryl methyl sites for hydroxylation is 1. The SMILES string of the molecule is CCn1c(-c2c3ccccc3c(-c3ccc(-c4cc5cccc6c7cccc8ccc9cccc(c%10cccc4c%10c56)c9c87)cc3)c3ccccc23)nc2ccccc21. The van der Waals surface area contributed by atoms with Crippen molar-refractivity contribution in [1.82, 2.24) is 9.55 Å². The van der Waals surface area contributed by atoms with Crippen LogP contribution in [0.3, 0.4) is 0 Å². The predicted molar refractivity (Wildman–Crippen MR) is 253 cm³/mol. The number of hydrogen-bond acceptors (Lipinski definition) is 1. The molecule has 0 radical (unpaired) electrons. The van der Waals surface area contributed by atoms with Gasteiger partial charge in [0.2, 0.25) is 0 Å². The Morgan fingerprint density at radius 3 is 1.44 bits per heavy atom. The molecule has 0 fully saturated rings. The van der Waals surface area contributed by atoms with Crippen molar-refractivity contribution in [1.29, 1.82) is 0 Å². The molecular weight excluding hydrogens is 713 g/mol. The second-order valence-electron chi connectivity index (χ2n) is 16.0. The predicted octanol–water partition coefficient (Wildman–Crippen LogP) is 15.7. The highest BCUT2D eigenvalue weighted by molar-refractivity contribution is 6.38. The van der Waals surface area contributed by atoms with Gasteiger partial charge in [-0.15, -0.1) is 0 Å². The molecule has 2 heteroatoms. The molecule has 0 N–H and O–H groups in total. The van der Waals surface area contributed by atoms with Crippen LogP contribution in [0.15, 0.2) is 188 Å². The molecule has 0 unspecified atom stereocenters. The first-order valence-electron chi connectivity index (χ1n) is 20.7. The zero-order valence-corrected chi connectivity index (χ0v) is 32.5. The van der Waals surface area contributed by atoms with Crippen molar-refractivity contribution in [3.8, 4) is 33.6 Å². The van der Waals surface area contributed by atoms with Crippen molar-refractivity contribution in [2.45, 2.75) is 13.5 Å². The molecule has 1 aromatic heterocycles. The van der Waals surface area contributed by atoms with Gasteiger partial charge in [-0.05, 0) is 134 Å². The second kappa shape index (κ2) is 12.2. The zero-order chi connectivity index (χ0) is 38.8. The number of imidazole rings is 1. The molecule has 0 aliphatic heterocycles. The average Bonchev–Trinajstić information content (AvgIpc) is 3.67. The van der Waals surface area contributed by atoms with E-state index in [1.807, 2.05) is 0 Å². The van der Waals surface area contributed by atoms with Crippen LogP contribution < -0.4 is 0 Å².